The van der Waals surface area contributed by atoms with E-state index in [9.17, 15) is 4.79 Å². The third-order valence-electron chi connectivity index (χ3n) is 2.81. The molecule has 0 aliphatic heterocycles. The fourth-order valence-corrected chi connectivity index (χ4v) is 1.77. The van der Waals surface area contributed by atoms with E-state index in [1.165, 1.54) is 6.08 Å². The molecule has 1 heterocycles. The number of anilines is 1. The summed E-state index contributed by atoms with van der Waals surface area (Å²) in [5.74, 6) is 0.275. The lowest BCUT2D eigenvalue weighted by Crippen LogP contribution is -2.13. The molecule has 1 aromatic carbocycles. The van der Waals surface area contributed by atoms with Crippen LogP contribution >= 0.6 is 0 Å². The van der Waals surface area contributed by atoms with Crippen LogP contribution in [0.1, 0.15) is 12.5 Å². The monoisotopic (exact) mass is 293 g/mol. The lowest BCUT2D eigenvalue weighted by Gasteiger charge is -2.06. The molecule has 2 aromatic rings. The average molecular weight is 293 g/mol. The van der Waals surface area contributed by atoms with Gasteiger partial charge >= 0.3 is 0 Å². The lowest BCUT2D eigenvalue weighted by atomic mass is 10.1. The van der Waals surface area contributed by atoms with Crippen molar-refractivity contribution in [1.82, 2.24) is 4.98 Å². The smallest absolute Gasteiger partial charge is 0.266 e. The number of nitriles is 1. The van der Waals surface area contributed by atoms with Crippen molar-refractivity contribution in [3.05, 3.63) is 59.9 Å². The first kappa shape index (κ1) is 15.3. The Bertz CT molecular complexity index is 701. The van der Waals surface area contributed by atoms with E-state index in [4.69, 9.17) is 10.00 Å². The molecular formula is C17H15N3O2. The van der Waals surface area contributed by atoms with Crippen LogP contribution in [0, 0.1) is 11.3 Å². The van der Waals surface area contributed by atoms with Crippen molar-refractivity contribution in [2.75, 3.05) is 11.9 Å². The standard InChI is InChI=1S/C17H15N3O2/c1-2-22-16-5-3-15(4-6-16)20-17(21)14(12-18)11-13-7-9-19-10-8-13/h3-11H,2H2,1H3,(H,20,21)/b14-11+. The van der Waals surface area contributed by atoms with Crippen LogP contribution < -0.4 is 10.1 Å². The number of carbonyl (C=O) groups is 1. The summed E-state index contributed by atoms with van der Waals surface area (Å²) in [4.78, 5) is 16.0. The van der Waals surface area contributed by atoms with Crippen molar-refractivity contribution >= 4 is 17.7 Å². The molecule has 22 heavy (non-hydrogen) atoms. The molecule has 1 amide bonds. The van der Waals surface area contributed by atoms with Gasteiger partial charge in [0.15, 0.2) is 0 Å². The summed E-state index contributed by atoms with van der Waals surface area (Å²) in [6.07, 6.45) is 4.72. The predicted octanol–water partition coefficient (Wildman–Crippen LogP) is 3.03. The number of hydrogen-bond acceptors (Lipinski definition) is 4. The van der Waals surface area contributed by atoms with E-state index < -0.39 is 5.91 Å². The summed E-state index contributed by atoms with van der Waals surface area (Å²) in [5, 5.41) is 11.8. The second kappa shape index (κ2) is 7.60. The number of carbonyl (C=O) groups excluding carboxylic acids is 1. The molecule has 5 nitrogen and oxygen atoms in total. The van der Waals surface area contributed by atoms with Crippen LogP contribution in [-0.2, 0) is 4.79 Å². The summed E-state index contributed by atoms with van der Waals surface area (Å²) in [6.45, 7) is 2.48. The van der Waals surface area contributed by atoms with Gasteiger partial charge in [-0.25, -0.2) is 0 Å². The van der Waals surface area contributed by atoms with Crippen molar-refractivity contribution in [3.8, 4) is 11.8 Å². The van der Waals surface area contributed by atoms with Gasteiger partial charge < -0.3 is 10.1 Å². The molecule has 0 aliphatic rings. The van der Waals surface area contributed by atoms with Crippen LogP contribution in [0.4, 0.5) is 5.69 Å². The molecule has 0 atom stereocenters. The zero-order chi connectivity index (χ0) is 15.8. The third-order valence-corrected chi connectivity index (χ3v) is 2.81. The number of nitrogens with zero attached hydrogens (tertiary/aromatic N) is 2. The van der Waals surface area contributed by atoms with Gasteiger partial charge in [-0.3, -0.25) is 9.78 Å². The molecule has 0 saturated carbocycles. The maximum absolute atomic E-state index is 12.1. The SMILES string of the molecule is CCOc1ccc(NC(=O)/C(C#N)=C/c2ccncc2)cc1. The largest absolute Gasteiger partial charge is 0.494 e. The van der Waals surface area contributed by atoms with E-state index in [1.54, 1.807) is 48.8 Å². The number of benzene rings is 1. The van der Waals surface area contributed by atoms with Gasteiger partial charge in [0.05, 0.1) is 6.61 Å². The summed E-state index contributed by atoms with van der Waals surface area (Å²) < 4.78 is 5.33. The fourth-order valence-electron chi connectivity index (χ4n) is 1.77. The molecule has 0 aliphatic carbocycles. The van der Waals surface area contributed by atoms with Crippen molar-refractivity contribution < 1.29 is 9.53 Å². The summed E-state index contributed by atoms with van der Waals surface area (Å²) in [5.41, 5.74) is 1.37. The van der Waals surface area contributed by atoms with Gasteiger partial charge in [-0.15, -0.1) is 0 Å². The number of ether oxygens (including phenoxy) is 1. The van der Waals surface area contributed by atoms with Crippen molar-refractivity contribution in [1.29, 1.82) is 5.26 Å². The molecule has 0 radical (unpaired) electrons. The average Bonchev–Trinajstić information content (AvgIpc) is 2.55. The Labute approximate surface area is 128 Å². The third kappa shape index (κ3) is 4.18. The van der Waals surface area contributed by atoms with E-state index in [0.29, 0.717) is 12.3 Å². The minimum absolute atomic E-state index is 0.0279. The van der Waals surface area contributed by atoms with Crippen LogP contribution in [-0.4, -0.2) is 17.5 Å². The molecule has 110 valence electrons. The second-order valence-electron chi connectivity index (χ2n) is 4.36. The normalized spacial score (nSPS) is 10.6. The van der Waals surface area contributed by atoms with Gasteiger partial charge in [0, 0.05) is 18.1 Å². The van der Waals surface area contributed by atoms with Crippen LogP contribution in [0.5, 0.6) is 5.75 Å². The molecular weight excluding hydrogens is 278 g/mol. The minimum atomic E-state index is -0.455. The van der Waals surface area contributed by atoms with E-state index in [-0.39, 0.29) is 5.57 Å². The summed E-state index contributed by atoms with van der Waals surface area (Å²) in [6, 6.07) is 12.3. The van der Waals surface area contributed by atoms with Gasteiger partial charge in [-0.05, 0) is 55.0 Å². The quantitative estimate of drug-likeness (QED) is 0.679. The Balaban J connectivity index is 2.10. The first-order valence-electron chi connectivity index (χ1n) is 6.79. The van der Waals surface area contributed by atoms with Gasteiger partial charge in [0.25, 0.3) is 5.91 Å². The van der Waals surface area contributed by atoms with E-state index in [2.05, 4.69) is 10.3 Å². The lowest BCUT2D eigenvalue weighted by molar-refractivity contribution is -0.112. The fraction of sp³-hybridized carbons (Fsp3) is 0.118. The summed E-state index contributed by atoms with van der Waals surface area (Å²) in [7, 11) is 0. The van der Waals surface area contributed by atoms with Gasteiger partial charge in [-0.2, -0.15) is 5.26 Å². The summed E-state index contributed by atoms with van der Waals surface area (Å²) >= 11 is 0. The van der Waals surface area contributed by atoms with Crippen molar-refractivity contribution in [2.45, 2.75) is 6.92 Å². The Hall–Kier alpha value is -3.13. The number of amides is 1. The number of aromatic nitrogens is 1. The zero-order valence-electron chi connectivity index (χ0n) is 12.1. The highest BCUT2D eigenvalue weighted by Gasteiger charge is 2.09. The van der Waals surface area contributed by atoms with Gasteiger partial charge in [0.2, 0.25) is 0 Å². The van der Waals surface area contributed by atoms with E-state index >= 15 is 0 Å². The van der Waals surface area contributed by atoms with E-state index in [1.807, 2.05) is 13.0 Å². The maximum atomic E-state index is 12.1. The topological polar surface area (TPSA) is 75.0 Å². The number of rotatable bonds is 5. The molecule has 2 rings (SSSR count). The Morgan fingerprint density at radius 1 is 1.27 bits per heavy atom. The Kier molecular flexibility index (Phi) is 5.27. The van der Waals surface area contributed by atoms with Gasteiger partial charge in [-0.1, -0.05) is 0 Å². The highest BCUT2D eigenvalue weighted by molar-refractivity contribution is 6.09. The molecule has 1 aromatic heterocycles. The highest BCUT2D eigenvalue weighted by Crippen LogP contribution is 2.16. The van der Waals surface area contributed by atoms with Crippen molar-refractivity contribution in [2.24, 2.45) is 0 Å². The van der Waals surface area contributed by atoms with E-state index in [0.717, 1.165) is 11.3 Å². The second-order valence-corrected chi connectivity index (χ2v) is 4.36. The van der Waals surface area contributed by atoms with Crippen LogP contribution in [0.15, 0.2) is 54.4 Å². The molecule has 0 fully saturated rings. The first-order chi connectivity index (χ1) is 10.7. The van der Waals surface area contributed by atoms with Crippen molar-refractivity contribution in [3.63, 3.8) is 0 Å². The molecule has 0 spiro atoms. The molecule has 0 bridgehead atoms. The highest BCUT2D eigenvalue weighted by atomic mass is 16.5. The van der Waals surface area contributed by atoms with Gasteiger partial charge in [0.1, 0.15) is 17.4 Å². The first-order valence-corrected chi connectivity index (χ1v) is 6.79. The van der Waals surface area contributed by atoms with Crippen LogP contribution in [0.2, 0.25) is 0 Å². The molecule has 0 unspecified atom stereocenters. The maximum Gasteiger partial charge on any atom is 0.266 e. The zero-order valence-corrected chi connectivity index (χ0v) is 12.1. The molecule has 1 N–H and O–H groups in total. The number of nitrogens with one attached hydrogen (secondary N) is 1. The number of hydrogen-bond donors (Lipinski definition) is 1. The molecule has 0 saturated heterocycles. The van der Waals surface area contributed by atoms with Crippen LogP contribution in [0.25, 0.3) is 6.08 Å². The molecule has 5 heteroatoms. The van der Waals surface area contributed by atoms with Crippen LogP contribution in [0.3, 0.4) is 0 Å². The Morgan fingerprint density at radius 3 is 2.55 bits per heavy atom. The Morgan fingerprint density at radius 2 is 1.95 bits per heavy atom. The predicted molar refractivity (Wildman–Crippen MR) is 84.1 cm³/mol. The minimum Gasteiger partial charge on any atom is -0.494 e. The number of pyridine rings is 1.